The fourth-order valence-corrected chi connectivity index (χ4v) is 4.21. The van der Waals surface area contributed by atoms with Crippen molar-refractivity contribution in [2.24, 2.45) is 10.8 Å². The van der Waals surface area contributed by atoms with Crippen molar-refractivity contribution in [2.45, 2.75) is 53.4 Å². The van der Waals surface area contributed by atoms with E-state index < -0.39 is 0 Å². The molecule has 0 saturated heterocycles. The van der Waals surface area contributed by atoms with E-state index in [0.29, 0.717) is 11.8 Å². The summed E-state index contributed by atoms with van der Waals surface area (Å²) < 4.78 is 0. The average molecular weight is 266 g/mol. The van der Waals surface area contributed by atoms with Crippen molar-refractivity contribution in [3.05, 3.63) is 47.5 Å². The minimum atomic E-state index is 0.283. The third-order valence-electron chi connectivity index (χ3n) is 4.84. The highest BCUT2D eigenvalue weighted by Gasteiger charge is 2.45. The maximum atomic E-state index is 2.39. The predicted molar refractivity (Wildman–Crippen MR) is 88.3 cm³/mol. The van der Waals surface area contributed by atoms with Crippen molar-refractivity contribution < 1.29 is 0 Å². The Labute approximate surface area is 123 Å². The van der Waals surface area contributed by atoms with E-state index in [-0.39, 0.29) is 10.8 Å². The normalized spacial score (nSPS) is 22.5. The summed E-state index contributed by atoms with van der Waals surface area (Å²) in [5.41, 5.74) is 3.69. The highest BCUT2D eigenvalue weighted by Crippen LogP contribution is 2.59. The molecule has 0 heteroatoms. The smallest absolute Gasteiger partial charge is 0.00329 e. The van der Waals surface area contributed by atoms with Crippen LogP contribution in [0.5, 0.6) is 0 Å². The maximum Gasteiger partial charge on any atom is -0.00329 e. The minimum Gasteiger partial charge on any atom is -0.0613 e. The van der Waals surface area contributed by atoms with Crippen LogP contribution in [0.1, 0.15) is 64.5 Å². The molecule has 0 bridgehead atoms. The monoisotopic (exact) mass is 266 g/mol. The van der Waals surface area contributed by atoms with Gasteiger partial charge in [-0.05, 0) is 44.6 Å². The van der Waals surface area contributed by atoms with Gasteiger partial charge in [0.05, 0.1) is 0 Å². The van der Waals surface area contributed by atoms with Gasteiger partial charge in [0, 0.05) is 0 Å². The lowest BCUT2D eigenvalue weighted by Gasteiger charge is -2.40. The van der Waals surface area contributed by atoms with E-state index in [9.17, 15) is 0 Å². The topological polar surface area (TPSA) is 0 Å². The first kappa shape index (κ1) is 13.7. The van der Waals surface area contributed by atoms with E-state index in [2.05, 4.69) is 77.9 Å². The Balaban J connectivity index is 2.36. The van der Waals surface area contributed by atoms with Crippen LogP contribution >= 0.6 is 0 Å². The molecule has 106 valence electrons. The summed E-state index contributed by atoms with van der Waals surface area (Å²) in [4.78, 5) is 0. The van der Waals surface area contributed by atoms with Gasteiger partial charge >= 0.3 is 0 Å². The lowest BCUT2D eigenvalue weighted by atomic mass is 9.63. The van der Waals surface area contributed by atoms with Crippen LogP contribution < -0.4 is 0 Å². The lowest BCUT2D eigenvalue weighted by molar-refractivity contribution is 0.195. The van der Waals surface area contributed by atoms with Gasteiger partial charge in [-0.2, -0.15) is 0 Å². The largest absolute Gasteiger partial charge is 0.0613 e. The Morgan fingerprint density at radius 1 is 0.650 bits per heavy atom. The van der Waals surface area contributed by atoms with Crippen molar-refractivity contribution in [1.29, 1.82) is 0 Å². The molecule has 0 amide bonds. The Hall–Kier alpha value is -1.30. The van der Waals surface area contributed by atoms with Crippen LogP contribution in [0.4, 0.5) is 0 Å². The van der Waals surface area contributed by atoms with Crippen LogP contribution in [0, 0.1) is 10.8 Å². The van der Waals surface area contributed by atoms with Gasteiger partial charge in [0.1, 0.15) is 0 Å². The standard InChI is InChI=1S/C20H26/c1-19(2,3)17-14-11-7-9-13-10-8-12-15(16(13)14)18(17)20(4,5)6/h7-12,17-18H,1-6H3. The molecule has 20 heavy (non-hydrogen) atoms. The summed E-state index contributed by atoms with van der Waals surface area (Å²) in [7, 11) is 0. The summed E-state index contributed by atoms with van der Waals surface area (Å²) in [5, 5.41) is 2.93. The van der Waals surface area contributed by atoms with Crippen molar-refractivity contribution in [1.82, 2.24) is 0 Å². The van der Waals surface area contributed by atoms with Gasteiger partial charge in [0.2, 0.25) is 0 Å². The molecule has 2 aromatic carbocycles. The predicted octanol–water partition coefficient (Wildman–Crippen LogP) is 6.11. The average Bonchev–Trinajstić information content (AvgIpc) is 2.66. The van der Waals surface area contributed by atoms with E-state index >= 15 is 0 Å². The molecule has 0 N–H and O–H groups in total. The zero-order chi connectivity index (χ0) is 14.7. The molecule has 0 fully saturated rings. The molecule has 1 aliphatic rings. The summed E-state index contributed by atoms with van der Waals surface area (Å²) in [6.07, 6.45) is 0. The Morgan fingerprint density at radius 3 is 1.40 bits per heavy atom. The number of benzene rings is 2. The lowest BCUT2D eigenvalue weighted by Crippen LogP contribution is -2.29. The van der Waals surface area contributed by atoms with Gasteiger partial charge < -0.3 is 0 Å². The number of hydrogen-bond acceptors (Lipinski definition) is 0. The molecule has 1 aliphatic carbocycles. The zero-order valence-electron chi connectivity index (χ0n) is 13.6. The number of rotatable bonds is 0. The molecule has 0 radical (unpaired) electrons. The SMILES string of the molecule is CC(C)(C)C1c2cccc3cccc(c23)C1C(C)(C)C. The van der Waals surface area contributed by atoms with Crippen LogP contribution in [0.2, 0.25) is 0 Å². The highest BCUT2D eigenvalue weighted by atomic mass is 14.5. The molecule has 0 nitrogen and oxygen atoms in total. The summed E-state index contributed by atoms with van der Waals surface area (Å²) in [5.74, 6) is 1.20. The van der Waals surface area contributed by atoms with E-state index in [1.54, 1.807) is 11.1 Å². The Bertz CT molecular complexity index is 595. The van der Waals surface area contributed by atoms with Gasteiger partial charge in [-0.1, -0.05) is 77.9 Å². The minimum absolute atomic E-state index is 0.283. The molecule has 0 aliphatic heterocycles. The highest BCUT2D eigenvalue weighted by molar-refractivity contribution is 5.92. The fourth-order valence-electron chi connectivity index (χ4n) is 4.21. The maximum absolute atomic E-state index is 2.39. The van der Waals surface area contributed by atoms with E-state index in [1.165, 1.54) is 10.8 Å². The van der Waals surface area contributed by atoms with E-state index in [4.69, 9.17) is 0 Å². The third-order valence-corrected chi connectivity index (χ3v) is 4.84. The molecule has 2 unspecified atom stereocenters. The number of hydrogen-bond donors (Lipinski definition) is 0. The van der Waals surface area contributed by atoms with E-state index in [1.807, 2.05) is 0 Å². The molecule has 3 rings (SSSR count). The summed E-state index contributed by atoms with van der Waals surface area (Å²) in [6, 6.07) is 13.7. The van der Waals surface area contributed by atoms with Crippen LogP contribution in [0.25, 0.3) is 10.8 Å². The van der Waals surface area contributed by atoms with E-state index in [0.717, 1.165) is 0 Å². The van der Waals surface area contributed by atoms with Crippen LogP contribution in [-0.2, 0) is 0 Å². The molecule has 0 spiro atoms. The zero-order valence-corrected chi connectivity index (χ0v) is 13.6. The molecule has 0 saturated carbocycles. The fraction of sp³-hybridized carbons (Fsp3) is 0.500. The molecule has 2 atom stereocenters. The molecule has 2 aromatic rings. The van der Waals surface area contributed by atoms with Crippen molar-refractivity contribution in [2.75, 3.05) is 0 Å². The Morgan fingerprint density at radius 2 is 1.05 bits per heavy atom. The van der Waals surface area contributed by atoms with Crippen molar-refractivity contribution in [3.8, 4) is 0 Å². The second-order valence-corrected chi connectivity index (χ2v) is 8.48. The Kier molecular flexibility index (Phi) is 2.80. The quantitative estimate of drug-likeness (QED) is 0.539. The van der Waals surface area contributed by atoms with Crippen LogP contribution in [-0.4, -0.2) is 0 Å². The molecular weight excluding hydrogens is 240 g/mol. The summed E-state index contributed by atoms with van der Waals surface area (Å²) >= 11 is 0. The van der Waals surface area contributed by atoms with Gasteiger partial charge in [0.25, 0.3) is 0 Å². The third kappa shape index (κ3) is 1.89. The molecule has 0 heterocycles. The van der Waals surface area contributed by atoms with Crippen molar-refractivity contribution >= 4 is 10.8 Å². The van der Waals surface area contributed by atoms with Gasteiger partial charge in [-0.15, -0.1) is 0 Å². The van der Waals surface area contributed by atoms with Gasteiger partial charge in [-0.3, -0.25) is 0 Å². The summed E-state index contributed by atoms with van der Waals surface area (Å²) in [6.45, 7) is 14.3. The van der Waals surface area contributed by atoms with Crippen molar-refractivity contribution in [3.63, 3.8) is 0 Å². The molecule has 0 aromatic heterocycles. The first-order chi connectivity index (χ1) is 9.21. The first-order valence-electron chi connectivity index (χ1n) is 7.73. The van der Waals surface area contributed by atoms with Gasteiger partial charge in [0.15, 0.2) is 0 Å². The van der Waals surface area contributed by atoms with Gasteiger partial charge in [-0.25, -0.2) is 0 Å². The second-order valence-electron chi connectivity index (χ2n) is 8.48. The molecular formula is C20H26. The second kappa shape index (κ2) is 4.10. The van der Waals surface area contributed by atoms with Crippen LogP contribution in [0.3, 0.4) is 0 Å². The van der Waals surface area contributed by atoms with Crippen LogP contribution in [0.15, 0.2) is 36.4 Å². The first-order valence-corrected chi connectivity index (χ1v) is 7.73.